The number of hydrogen-bond donors (Lipinski definition) is 0. The van der Waals surface area contributed by atoms with Crippen LogP contribution in [0.3, 0.4) is 0 Å². The molecule has 0 saturated heterocycles. The van der Waals surface area contributed by atoms with Crippen LogP contribution in [-0.2, 0) is 9.53 Å². The molecule has 0 fully saturated rings. The molecular weight excluding hydrogens is 116 g/mol. The van der Waals surface area contributed by atoms with Crippen molar-refractivity contribution in [3.63, 3.8) is 0 Å². The number of allylic oxidation sites excluding steroid dienone is 2. The Morgan fingerprint density at radius 1 is 1.67 bits per heavy atom. The van der Waals surface area contributed by atoms with Crippen molar-refractivity contribution in [2.75, 3.05) is 0 Å². The van der Waals surface area contributed by atoms with E-state index in [1.807, 2.05) is 13.0 Å². The van der Waals surface area contributed by atoms with Gasteiger partial charge in [-0.3, -0.25) is 4.79 Å². The summed E-state index contributed by atoms with van der Waals surface area (Å²) in [6, 6.07) is 0. The molecule has 0 unspecified atom stereocenters. The summed E-state index contributed by atoms with van der Waals surface area (Å²) < 4.78 is 4.60. The lowest BCUT2D eigenvalue weighted by molar-refractivity contribution is -0.136. The molecule has 0 amide bonds. The lowest BCUT2D eigenvalue weighted by atomic mass is 10.2. The van der Waals surface area contributed by atoms with E-state index in [-0.39, 0.29) is 5.97 Å². The van der Waals surface area contributed by atoms with Crippen LogP contribution in [0.2, 0.25) is 0 Å². The normalized spacial score (nSPS) is 18.3. The first-order valence-corrected chi connectivity index (χ1v) is 2.82. The molecule has 1 rings (SSSR count). The fourth-order valence-electron chi connectivity index (χ4n) is 0.578. The zero-order chi connectivity index (χ0) is 6.69. The van der Waals surface area contributed by atoms with E-state index in [4.69, 9.17) is 0 Å². The maximum absolute atomic E-state index is 10.5. The van der Waals surface area contributed by atoms with Gasteiger partial charge in [0, 0.05) is 0 Å². The third kappa shape index (κ3) is 1.72. The summed E-state index contributed by atoms with van der Waals surface area (Å²) in [6.07, 6.45) is 5.41. The quantitative estimate of drug-likeness (QED) is 0.456. The zero-order valence-electron chi connectivity index (χ0n) is 5.26. The van der Waals surface area contributed by atoms with Gasteiger partial charge in [0.25, 0.3) is 0 Å². The van der Waals surface area contributed by atoms with Gasteiger partial charge in [-0.2, -0.15) is 0 Å². The lowest BCUT2D eigenvalue weighted by Crippen LogP contribution is -1.94. The first-order chi connectivity index (χ1) is 4.29. The Bertz CT molecular complexity index is 177. The van der Waals surface area contributed by atoms with Crippen molar-refractivity contribution in [3.05, 3.63) is 24.0 Å². The fourth-order valence-corrected chi connectivity index (χ4v) is 0.578. The minimum absolute atomic E-state index is 0.192. The van der Waals surface area contributed by atoms with Gasteiger partial charge in [-0.25, -0.2) is 0 Å². The van der Waals surface area contributed by atoms with E-state index in [0.717, 1.165) is 5.57 Å². The molecule has 0 aromatic carbocycles. The maximum Gasteiger partial charge on any atom is 0.314 e. The Morgan fingerprint density at radius 2 is 2.44 bits per heavy atom. The first-order valence-electron chi connectivity index (χ1n) is 2.82. The Hall–Kier alpha value is -1.05. The molecule has 0 aromatic rings. The van der Waals surface area contributed by atoms with Crippen molar-refractivity contribution in [1.82, 2.24) is 0 Å². The molecule has 0 radical (unpaired) electrons. The monoisotopic (exact) mass is 124 g/mol. The molecule has 9 heavy (non-hydrogen) atoms. The van der Waals surface area contributed by atoms with Crippen molar-refractivity contribution >= 4 is 5.97 Å². The second-order valence-electron chi connectivity index (χ2n) is 1.94. The predicted molar refractivity (Wildman–Crippen MR) is 33.6 cm³/mol. The molecule has 48 valence electrons. The molecule has 0 spiro atoms. The van der Waals surface area contributed by atoms with Crippen LogP contribution in [0.15, 0.2) is 24.0 Å². The largest absolute Gasteiger partial charge is 0.434 e. The highest BCUT2D eigenvalue weighted by atomic mass is 16.5. The molecule has 2 nitrogen and oxygen atoms in total. The SMILES string of the molecule is CC1=CCC(=O)OC=C1. The van der Waals surface area contributed by atoms with Crippen molar-refractivity contribution in [2.45, 2.75) is 13.3 Å². The summed E-state index contributed by atoms with van der Waals surface area (Å²) in [5, 5.41) is 0. The van der Waals surface area contributed by atoms with Gasteiger partial charge >= 0.3 is 5.97 Å². The minimum Gasteiger partial charge on any atom is -0.434 e. The highest BCUT2D eigenvalue weighted by Gasteiger charge is 1.99. The van der Waals surface area contributed by atoms with Crippen molar-refractivity contribution < 1.29 is 9.53 Å². The molecule has 0 saturated carbocycles. The Labute approximate surface area is 53.8 Å². The molecule has 0 aliphatic carbocycles. The number of ether oxygens (including phenoxy) is 1. The smallest absolute Gasteiger partial charge is 0.314 e. The second kappa shape index (κ2) is 2.49. The van der Waals surface area contributed by atoms with Gasteiger partial charge in [-0.1, -0.05) is 11.6 Å². The third-order valence-corrected chi connectivity index (χ3v) is 1.12. The molecule has 2 heteroatoms. The Morgan fingerprint density at radius 3 is 3.22 bits per heavy atom. The van der Waals surface area contributed by atoms with E-state index in [9.17, 15) is 4.79 Å². The predicted octanol–water partition coefficient (Wildman–Crippen LogP) is 1.39. The molecule has 1 aliphatic rings. The number of hydrogen-bond acceptors (Lipinski definition) is 2. The van der Waals surface area contributed by atoms with Crippen LogP contribution in [0.5, 0.6) is 0 Å². The van der Waals surface area contributed by atoms with Crippen LogP contribution in [-0.4, -0.2) is 5.97 Å². The number of carbonyl (C=O) groups is 1. The van der Waals surface area contributed by atoms with Crippen molar-refractivity contribution in [2.24, 2.45) is 0 Å². The lowest BCUT2D eigenvalue weighted by Gasteiger charge is -1.88. The van der Waals surface area contributed by atoms with E-state index in [2.05, 4.69) is 4.74 Å². The van der Waals surface area contributed by atoms with Gasteiger partial charge in [0.05, 0.1) is 12.7 Å². The van der Waals surface area contributed by atoms with Crippen LogP contribution in [0.25, 0.3) is 0 Å². The summed E-state index contributed by atoms with van der Waals surface area (Å²) in [5.74, 6) is -0.192. The molecule has 0 bridgehead atoms. The van der Waals surface area contributed by atoms with Crippen LogP contribution >= 0.6 is 0 Å². The van der Waals surface area contributed by atoms with E-state index < -0.39 is 0 Å². The van der Waals surface area contributed by atoms with Gasteiger partial charge < -0.3 is 4.74 Å². The van der Waals surface area contributed by atoms with E-state index in [0.29, 0.717) is 6.42 Å². The minimum atomic E-state index is -0.192. The summed E-state index contributed by atoms with van der Waals surface area (Å²) in [6.45, 7) is 1.93. The van der Waals surface area contributed by atoms with Gasteiger partial charge in [-0.15, -0.1) is 0 Å². The van der Waals surface area contributed by atoms with Crippen molar-refractivity contribution in [3.8, 4) is 0 Å². The first kappa shape index (κ1) is 6.08. The number of cyclic esters (lactones) is 1. The summed E-state index contributed by atoms with van der Waals surface area (Å²) >= 11 is 0. The maximum atomic E-state index is 10.5. The number of esters is 1. The van der Waals surface area contributed by atoms with E-state index in [1.165, 1.54) is 6.26 Å². The van der Waals surface area contributed by atoms with Gasteiger partial charge in [-0.05, 0) is 13.0 Å². The highest BCUT2D eigenvalue weighted by Crippen LogP contribution is 2.03. The second-order valence-corrected chi connectivity index (χ2v) is 1.94. The molecule has 1 aliphatic heterocycles. The average Bonchev–Trinajstić information content (AvgIpc) is 1.97. The summed E-state index contributed by atoms with van der Waals surface area (Å²) in [4.78, 5) is 10.5. The standard InChI is InChI=1S/C7H8O2/c1-6-2-3-7(8)9-5-4-6/h2,4-5H,3H2,1H3. The highest BCUT2D eigenvalue weighted by molar-refractivity contribution is 5.72. The summed E-state index contributed by atoms with van der Waals surface area (Å²) in [5.41, 5.74) is 1.07. The van der Waals surface area contributed by atoms with Gasteiger partial charge in [0.15, 0.2) is 0 Å². The summed E-state index contributed by atoms with van der Waals surface area (Å²) in [7, 11) is 0. The van der Waals surface area contributed by atoms with E-state index in [1.54, 1.807) is 6.08 Å². The zero-order valence-corrected chi connectivity index (χ0v) is 5.26. The van der Waals surface area contributed by atoms with Crippen LogP contribution in [0.1, 0.15) is 13.3 Å². The van der Waals surface area contributed by atoms with Crippen LogP contribution in [0.4, 0.5) is 0 Å². The van der Waals surface area contributed by atoms with Crippen LogP contribution < -0.4 is 0 Å². The number of rotatable bonds is 0. The fraction of sp³-hybridized carbons (Fsp3) is 0.286. The average molecular weight is 124 g/mol. The molecule has 0 aromatic heterocycles. The topological polar surface area (TPSA) is 26.3 Å². The molecule has 1 heterocycles. The Kier molecular flexibility index (Phi) is 1.68. The van der Waals surface area contributed by atoms with E-state index >= 15 is 0 Å². The van der Waals surface area contributed by atoms with Crippen LogP contribution in [0, 0.1) is 0 Å². The van der Waals surface area contributed by atoms with Crippen molar-refractivity contribution in [1.29, 1.82) is 0 Å². The molecule has 0 atom stereocenters. The molecule has 0 N–H and O–H groups in total. The number of carbonyl (C=O) groups excluding carboxylic acids is 1. The van der Waals surface area contributed by atoms with Gasteiger partial charge in [0.2, 0.25) is 0 Å². The third-order valence-electron chi connectivity index (χ3n) is 1.12. The Balaban J connectivity index is 2.69. The van der Waals surface area contributed by atoms with Gasteiger partial charge in [0.1, 0.15) is 0 Å². The molecular formula is C7H8O2.